The van der Waals surface area contributed by atoms with Crippen molar-refractivity contribution in [2.24, 2.45) is 11.8 Å². The average Bonchev–Trinajstić information content (AvgIpc) is 2.52. The molecule has 1 aliphatic heterocycles. The molecular formula is C19H30N2O2. The third kappa shape index (κ3) is 5.45. The van der Waals surface area contributed by atoms with Gasteiger partial charge in [0.2, 0.25) is 5.91 Å². The fraction of sp³-hybridized carbons (Fsp3) is 0.632. The van der Waals surface area contributed by atoms with Gasteiger partial charge in [-0.3, -0.25) is 4.79 Å². The van der Waals surface area contributed by atoms with Crippen LogP contribution in [0.1, 0.15) is 45.6 Å². The van der Waals surface area contributed by atoms with Crippen molar-refractivity contribution in [3.63, 3.8) is 0 Å². The molecule has 2 rings (SSSR count). The molecule has 128 valence electrons. The van der Waals surface area contributed by atoms with E-state index in [4.69, 9.17) is 10.5 Å². The van der Waals surface area contributed by atoms with E-state index >= 15 is 0 Å². The fourth-order valence-electron chi connectivity index (χ4n) is 2.81. The predicted molar refractivity (Wildman–Crippen MR) is 94.5 cm³/mol. The third-order valence-corrected chi connectivity index (χ3v) is 4.41. The minimum atomic E-state index is 0.260. The van der Waals surface area contributed by atoms with Crippen molar-refractivity contribution < 1.29 is 9.53 Å². The Hall–Kier alpha value is -1.71. The number of hydrogen-bond donors (Lipinski definition) is 1. The van der Waals surface area contributed by atoms with Gasteiger partial charge in [-0.1, -0.05) is 26.8 Å². The first-order valence-corrected chi connectivity index (χ1v) is 8.74. The molecule has 1 saturated heterocycles. The summed E-state index contributed by atoms with van der Waals surface area (Å²) in [5.41, 5.74) is 7.80. The highest BCUT2D eigenvalue weighted by Gasteiger charge is 2.19. The van der Waals surface area contributed by atoms with Gasteiger partial charge in [0.25, 0.3) is 0 Å². The van der Waals surface area contributed by atoms with E-state index in [1.165, 1.54) is 0 Å². The Morgan fingerprint density at radius 1 is 1.35 bits per heavy atom. The number of nitrogens with zero attached hydrogens (tertiary/aromatic N) is 1. The number of benzene rings is 1. The number of nitrogens with two attached hydrogens (primary N) is 1. The van der Waals surface area contributed by atoms with Gasteiger partial charge in [-0.25, -0.2) is 0 Å². The van der Waals surface area contributed by atoms with E-state index in [0.717, 1.165) is 49.6 Å². The SMILES string of the molecule is CC(C)COc1ccc(CCC(=O)N2CCC(C)CC2)cc1N. The molecule has 0 bridgehead atoms. The van der Waals surface area contributed by atoms with E-state index in [0.29, 0.717) is 24.6 Å². The Kier molecular flexibility index (Phi) is 6.31. The lowest BCUT2D eigenvalue weighted by Gasteiger charge is -2.30. The van der Waals surface area contributed by atoms with Gasteiger partial charge in [-0.05, 0) is 48.8 Å². The highest BCUT2D eigenvalue weighted by atomic mass is 16.5. The van der Waals surface area contributed by atoms with Crippen LogP contribution in [0.2, 0.25) is 0 Å². The van der Waals surface area contributed by atoms with E-state index in [2.05, 4.69) is 20.8 Å². The molecule has 0 unspecified atom stereocenters. The van der Waals surface area contributed by atoms with Gasteiger partial charge in [0.15, 0.2) is 0 Å². The number of rotatable bonds is 6. The number of nitrogen functional groups attached to an aromatic ring is 1. The summed E-state index contributed by atoms with van der Waals surface area (Å²) in [6.07, 6.45) is 3.54. The van der Waals surface area contributed by atoms with Crippen molar-refractivity contribution >= 4 is 11.6 Å². The Labute approximate surface area is 140 Å². The number of aryl methyl sites for hydroxylation is 1. The summed E-state index contributed by atoms with van der Waals surface area (Å²) in [5, 5.41) is 0. The molecule has 0 radical (unpaired) electrons. The predicted octanol–water partition coefficient (Wildman–Crippen LogP) is 3.49. The number of anilines is 1. The second kappa shape index (κ2) is 8.23. The molecule has 1 heterocycles. The van der Waals surface area contributed by atoms with Gasteiger partial charge in [-0.2, -0.15) is 0 Å². The highest BCUT2D eigenvalue weighted by molar-refractivity contribution is 5.76. The van der Waals surface area contributed by atoms with E-state index in [-0.39, 0.29) is 5.91 Å². The Morgan fingerprint density at radius 2 is 2.04 bits per heavy atom. The van der Waals surface area contributed by atoms with Crippen LogP contribution in [0.15, 0.2) is 18.2 Å². The van der Waals surface area contributed by atoms with Gasteiger partial charge in [0, 0.05) is 19.5 Å². The van der Waals surface area contributed by atoms with Gasteiger partial charge in [0.1, 0.15) is 5.75 Å². The number of amides is 1. The van der Waals surface area contributed by atoms with Crippen molar-refractivity contribution in [1.29, 1.82) is 0 Å². The summed E-state index contributed by atoms with van der Waals surface area (Å²) >= 11 is 0. The van der Waals surface area contributed by atoms with Gasteiger partial charge in [0.05, 0.1) is 12.3 Å². The molecule has 1 amide bonds. The molecule has 1 aliphatic rings. The van der Waals surface area contributed by atoms with E-state index < -0.39 is 0 Å². The van der Waals surface area contributed by atoms with E-state index in [9.17, 15) is 4.79 Å². The molecule has 0 aromatic heterocycles. The molecule has 1 aromatic carbocycles. The van der Waals surface area contributed by atoms with Crippen LogP contribution in [0.4, 0.5) is 5.69 Å². The van der Waals surface area contributed by atoms with Gasteiger partial charge >= 0.3 is 0 Å². The standard InChI is InChI=1S/C19H30N2O2/c1-14(2)13-23-18-6-4-16(12-17(18)20)5-7-19(22)21-10-8-15(3)9-11-21/h4,6,12,14-15H,5,7-11,13,20H2,1-3H3. The van der Waals surface area contributed by atoms with E-state index in [1.54, 1.807) is 0 Å². The zero-order chi connectivity index (χ0) is 16.8. The van der Waals surface area contributed by atoms with Gasteiger partial charge in [-0.15, -0.1) is 0 Å². The van der Waals surface area contributed by atoms with Crippen molar-refractivity contribution in [3.8, 4) is 5.75 Å². The topological polar surface area (TPSA) is 55.6 Å². The lowest BCUT2D eigenvalue weighted by Crippen LogP contribution is -2.37. The molecule has 0 spiro atoms. The van der Waals surface area contributed by atoms with Crippen molar-refractivity contribution in [2.45, 2.75) is 46.5 Å². The number of piperidine rings is 1. The van der Waals surface area contributed by atoms with E-state index in [1.807, 2.05) is 23.1 Å². The van der Waals surface area contributed by atoms with Crippen LogP contribution in [0, 0.1) is 11.8 Å². The van der Waals surface area contributed by atoms with Crippen LogP contribution < -0.4 is 10.5 Å². The molecule has 0 aliphatic carbocycles. The zero-order valence-corrected chi connectivity index (χ0v) is 14.7. The van der Waals surface area contributed by atoms with Crippen molar-refractivity contribution in [3.05, 3.63) is 23.8 Å². The van der Waals surface area contributed by atoms with Crippen molar-refractivity contribution in [2.75, 3.05) is 25.4 Å². The minimum Gasteiger partial charge on any atom is -0.491 e. The lowest BCUT2D eigenvalue weighted by atomic mass is 9.98. The Balaban J connectivity index is 1.83. The number of carbonyl (C=O) groups excluding carboxylic acids is 1. The monoisotopic (exact) mass is 318 g/mol. The molecule has 0 atom stereocenters. The molecule has 2 N–H and O–H groups in total. The van der Waals surface area contributed by atoms with Crippen LogP contribution in [-0.4, -0.2) is 30.5 Å². The van der Waals surface area contributed by atoms with Crippen LogP contribution in [0.3, 0.4) is 0 Å². The molecule has 0 saturated carbocycles. The smallest absolute Gasteiger partial charge is 0.222 e. The molecule has 1 aromatic rings. The number of hydrogen-bond acceptors (Lipinski definition) is 3. The molecule has 4 heteroatoms. The maximum Gasteiger partial charge on any atom is 0.222 e. The highest BCUT2D eigenvalue weighted by Crippen LogP contribution is 2.24. The number of likely N-dealkylation sites (tertiary alicyclic amines) is 1. The maximum atomic E-state index is 12.3. The van der Waals surface area contributed by atoms with Gasteiger partial charge < -0.3 is 15.4 Å². The Morgan fingerprint density at radius 3 is 2.65 bits per heavy atom. The summed E-state index contributed by atoms with van der Waals surface area (Å²) in [7, 11) is 0. The fourth-order valence-corrected chi connectivity index (χ4v) is 2.81. The lowest BCUT2D eigenvalue weighted by molar-refractivity contribution is -0.132. The van der Waals surface area contributed by atoms with Crippen LogP contribution in [-0.2, 0) is 11.2 Å². The molecule has 4 nitrogen and oxygen atoms in total. The Bertz CT molecular complexity index is 520. The number of carbonyl (C=O) groups is 1. The quantitative estimate of drug-likeness (QED) is 0.817. The normalized spacial score (nSPS) is 15.9. The largest absolute Gasteiger partial charge is 0.491 e. The summed E-state index contributed by atoms with van der Waals surface area (Å²) in [6, 6.07) is 5.86. The first-order valence-electron chi connectivity index (χ1n) is 8.74. The van der Waals surface area contributed by atoms with Crippen LogP contribution >= 0.6 is 0 Å². The third-order valence-electron chi connectivity index (χ3n) is 4.41. The molecule has 23 heavy (non-hydrogen) atoms. The second-order valence-corrected chi connectivity index (χ2v) is 7.14. The molecule has 1 fully saturated rings. The summed E-state index contributed by atoms with van der Waals surface area (Å²) in [4.78, 5) is 14.3. The maximum absolute atomic E-state index is 12.3. The minimum absolute atomic E-state index is 0.260. The zero-order valence-electron chi connectivity index (χ0n) is 14.7. The summed E-state index contributed by atoms with van der Waals surface area (Å²) < 4.78 is 5.68. The summed E-state index contributed by atoms with van der Waals surface area (Å²) in [5.74, 6) is 2.21. The molecular weight excluding hydrogens is 288 g/mol. The van der Waals surface area contributed by atoms with Crippen LogP contribution in [0.25, 0.3) is 0 Å². The van der Waals surface area contributed by atoms with Crippen LogP contribution in [0.5, 0.6) is 5.75 Å². The summed E-state index contributed by atoms with van der Waals surface area (Å²) in [6.45, 7) is 8.95. The first kappa shape index (κ1) is 17.6. The average molecular weight is 318 g/mol. The second-order valence-electron chi connectivity index (χ2n) is 7.14. The first-order chi connectivity index (χ1) is 11.0. The number of ether oxygens (including phenoxy) is 1. The van der Waals surface area contributed by atoms with Crippen molar-refractivity contribution in [1.82, 2.24) is 4.90 Å².